The highest BCUT2D eigenvalue weighted by Crippen LogP contribution is 2.34. The van der Waals surface area contributed by atoms with E-state index in [-0.39, 0.29) is 11.9 Å². The van der Waals surface area contributed by atoms with Gasteiger partial charge in [0.15, 0.2) is 0 Å². The molecule has 5 rings (SSSR count). The third-order valence-corrected chi connectivity index (χ3v) is 7.75. The van der Waals surface area contributed by atoms with Crippen LogP contribution in [0.1, 0.15) is 39.0 Å². The van der Waals surface area contributed by atoms with Crippen molar-refractivity contribution in [2.75, 3.05) is 38.1 Å². The number of hydrogen-bond donors (Lipinski definition) is 1. The number of carbonyl (C=O) groups is 1. The Balaban J connectivity index is 1.34. The number of pyridine rings is 1. The van der Waals surface area contributed by atoms with E-state index in [1.54, 1.807) is 12.4 Å². The molecule has 1 saturated heterocycles. The number of piperazine rings is 1. The van der Waals surface area contributed by atoms with Crippen LogP contribution in [0.2, 0.25) is 5.02 Å². The number of hydrogen-bond acceptors (Lipinski definition) is 4. The van der Waals surface area contributed by atoms with E-state index < -0.39 is 0 Å². The normalized spacial score (nSPS) is 18.3. The van der Waals surface area contributed by atoms with Crippen LogP contribution in [-0.4, -0.2) is 55.1 Å². The standard InChI is InChI=1S/C29H33ClN4O/c1-19-4-9-28(34-12-10-33(3)11-13-34)27-16-24(6-8-26(19)27)32-29(35)22-15-21(17-31-18-22)25-7-5-23(30)14-20(25)2/h4-5,7,9,14-15,17-18,24H,6,8,10-13,16H2,1-3H3,(H,32,35)/t24-/m0/s1. The van der Waals surface area contributed by atoms with Crippen LogP contribution in [0.15, 0.2) is 48.8 Å². The average Bonchev–Trinajstić information content (AvgIpc) is 2.85. The maximum atomic E-state index is 13.2. The zero-order valence-electron chi connectivity index (χ0n) is 20.8. The lowest BCUT2D eigenvalue weighted by molar-refractivity contribution is 0.0933. The molecule has 1 aromatic heterocycles. The van der Waals surface area contributed by atoms with Crippen molar-refractivity contribution in [1.29, 1.82) is 0 Å². The number of anilines is 1. The zero-order chi connectivity index (χ0) is 24.5. The maximum absolute atomic E-state index is 13.2. The molecule has 1 N–H and O–H groups in total. The third-order valence-electron chi connectivity index (χ3n) is 7.51. The first-order valence-electron chi connectivity index (χ1n) is 12.5. The Morgan fingerprint density at radius 3 is 2.57 bits per heavy atom. The summed E-state index contributed by atoms with van der Waals surface area (Å²) < 4.78 is 0. The number of carbonyl (C=O) groups excluding carboxylic acids is 1. The van der Waals surface area contributed by atoms with Gasteiger partial charge < -0.3 is 15.1 Å². The largest absolute Gasteiger partial charge is 0.369 e. The predicted molar refractivity (Wildman–Crippen MR) is 144 cm³/mol. The highest BCUT2D eigenvalue weighted by Gasteiger charge is 2.27. The highest BCUT2D eigenvalue weighted by atomic mass is 35.5. The molecule has 0 spiro atoms. The number of likely N-dealkylation sites (N-methyl/N-ethyl adjacent to an activating group) is 1. The summed E-state index contributed by atoms with van der Waals surface area (Å²) >= 11 is 6.12. The summed E-state index contributed by atoms with van der Waals surface area (Å²) in [5, 5.41) is 4.01. The fraction of sp³-hybridized carbons (Fsp3) is 0.379. The molecule has 2 aliphatic rings. The van der Waals surface area contributed by atoms with Gasteiger partial charge in [0.25, 0.3) is 5.91 Å². The van der Waals surface area contributed by atoms with Crippen molar-refractivity contribution in [1.82, 2.24) is 15.2 Å². The van der Waals surface area contributed by atoms with Gasteiger partial charge >= 0.3 is 0 Å². The second kappa shape index (κ2) is 10.00. The fourth-order valence-corrected chi connectivity index (χ4v) is 5.67. The Morgan fingerprint density at radius 2 is 1.80 bits per heavy atom. The number of fused-ring (bicyclic) bond motifs is 1. The van der Waals surface area contributed by atoms with E-state index in [1.807, 2.05) is 31.2 Å². The molecule has 0 bridgehead atoms. The SMILES string of the molecule is Cc1cc(Cl)ccc1-c1cncc(C(=O)N[C@H]2CCc3c(C)ccc(N4CCN(C)CC4)c3C2)c1. The van der Waals surface area contributed by atoms with Gasteiger partial charge in [-0.1, -0.05) is 23.7 Å². The van der Waals surface area contributed by atoms with E-state index in [9.17, 15) is 4.79 Å². The van der Waals surface area contributed by atoms with Gasteiger partial charge in [0.2, 0.25) is 0 Å². The molecule has 1 aliphatic carbocycles. The van der Waals surface area contributed by atoms with Gasteiger partial charge in [-0.25, -0.2) is 0 Å². The van der Waals surface area contributed by atoms with Gasteiger partial charge in [-0.2, -0.15) is 0 Å². The first-order chi connectivity index (χ1) is 16.9. The number of benzene rings is 2. The molecule has 0 radical (unpaired) electrons. The van der Waals surface area contributed by atoms with Crippen LogP contribution in [0.3, 0.4) is 0 Å². The number of aryl methyl sites for hydroxylation is 2. The van der Waals surface area contributed by atoms with Crippen LogP contribution in [0, 0.1) is 13.8 Å². The molecule has 182 valence electrons. The molecular weight excluding hydrogens is 456 g/mol. The first kappa shape index (κ1) is 23.8. The number of aromatic nitrogens is 1. The molecule has 3 aromatic rings. The Kier molecular flexibility index (Phi) is 6.81. The van der Waals surface area contributed by atoms with E-state index in [0.717, 1.165) is 62.1 Å². The van der Waals surface area contributed by atoms with E-state index >= 15 is 0 Å². The zero-order valence-corrected chi connectivity index (χ0v) is 21.5. The van der Waals surface area contributed by atoms with Crippen LogP contribution in [0.4, 0.5) is 5.69 Å². The van der Waals surface area contributed by atoms with Crippen molar-refractivity contribution in [2.24, 2.45) is 0 Å². The summed E-state index contributed by atoms with van der Waals surface area (Å²) in [6, 6.07) is 12.4. The second-order valence-corrected chi connectivity index (χ2v) is 10.4. The predicted octanol–water partition coefficient (Wildman–Crippen LogP) is 5.06. The molecule has 1 fully saturated rings. The Bertz CT molecular complexity index is 1250. The van der Waals surface area contributed by atoms with Crippen molar-refractivity contribution in [3.63, 3.8) is 0 Å². The minimum absolute atomic E-state index is 0.0618. The minimum Gasteiger partial charge on any atom is -0.369 e. The Morgan fingerprint density at radius 1 is 1.00 bits per heavy atom. The smallest absolute Gasteiger partial charge is 0.253 e. The number of amides is 1. The molecule has 2 heterocycles. The first-order valence-corrected chi connectivity index (χ1v) is 12.8. The molecule has 2 aromatic carbocycles. The second-order valence-electron chi connectivity index (χ2n) is 9.98. The van der Waals surface area contributed by atoms with Crippen molar-refractivity contribution in [3.05, 3.63) is 81.6 Å². The minimum atomic E-state index is -0.0618. The van der Waals surface area contributed by atoms with Crippen molar-refractivity contribution in [3.8, 4) is 11.1 Å². The molecule has 35 heavy (non-hydrogen) atoms. The fourth-order valence-electron chi connectivity index (χ4n) is 5.44. The molecular formula is C29H33ClN4O. The summed E-state index contributed by atoms with van der Waals surface area (Å²) in [5.41, 5.74) is 9.20. The summed E-state index contributed by atoms with van der Waals surface area (Å²) in [7, 11) is 2.19. The summed E-state index contributed by atoms with van der Waals surface area (Å²) in [5.74, 6) is -0.0618. The van der Waals surface area contributed by atoms with Gasteiger partial charge in [0.1, 0.15) is 0 Å². The van der Waals surface area contributed by atoms with Crippen LogP contribution in [-0.2, 0) is 12.8 Å². The molecule has 5 nitrogen and oxygen atoms in total. The monoisotopic (exact) mass is 488 g/mol. The van der Waals surface area contributed by atoms with Crippen molar-refractivity contribution >= 4 is 23.2 Å². The van der Waals surface area contributed by atoms with Crippen molar-refractivity contribution in [2.45, 2.75) is 39.2 Å². The van der Waals surface area contributed by atoms with Gasteiger partial charge in [0.05, 0.1) is 5.56 Å². The summed E-state index contributed by atoms with van der Waals surface area (Å²) in [6.07, 6.45) is 6.27. The van der Waals surface area contributed by atoms with E-state index in [1.165, 1.54) is 22.4 Å². The third kappa shape index (κ3) is 5.07. The van der Waals surface area contributed by atoms with Crippen LogP contribution in [0.25, 0.3) is 11.1 Å². The molecule has 0 unspecified atom stereocenters. The van der Waals surface area contributed by atoms with E-state index in [0.29, 0.717) is 10.6 Å². The average molecular weight is 489 g/mol. The number of nitrogens with one attached hydrogen (secondary N) is 1. The number of nitrogens with zero attached hydrogens (tertiary/aromatic N) is 3. The molecule has 1 atom stereocenters. The highest BCUT2D eigenvalue weighted by molar-refractivity contribution is 6.30. The lowest BCUT2D eigenvalue weighted by atomic mass is 9.84. The van der Waals surface area contributed by atoms with Gasteiger partial charge in [-0.3, -0.25) is 9.78 Å². The molecule has 1 aliphatic heterocycles. The van der Waals surface area contributed by atoms with Crippen molar-refractivity contribution < 1.29 is 4.79 Å². The molecule has 1 amide bonds. The van der Waals surface area contributed by atoms with E-state index in [2.05, 4.69) is 46.2 Å². The van der Waals surface area contributed by atoms with Gasteiger partial charge in [0, 0.05) is 60.9 Å². The number of halogens is 1. The van der Waals surface area contributed by atoms with Crippen LogP contribution in [0.5, 0.6) is 0 Å². The molecule has 6 heteroatoms. The summed E-state index contributed by atoms with van der Waals surface area (Å²) in [4.78, 5) is 22.5. The van der Waals surface area contributed by atoms with E-state index in [4.69, 9.17) is 11.6 Å². The maximum Gasteiger partial charge on any atom is 0.253 e. The van der Waals surface area contributed by atoms with Crippen LogP contribution < -0.4 is 10.2 Å². The van der Waals surface area contributed by atoms with Crippen LogP contribution >= 0.6 is 11.6 Å². The van der Waals surface area contributed by atoms with Gasteiger partial charge in [-0.15, -0.1) is 0 Å². The summed E-state index contributed by atoms with van der Waals surface area (Å²) in [6.45, 7) is 8.49. The Labute approximate surface area is 213 Å². The Hall–Kier alpha value is -2.89. The lowest BCUT2D eigenvalue weighted by Crippen LogP contribution is -2.45. The number of rotatable bonds is 4. The quantitative estimate of drug-likeness (QED) is 0.557. The molecule has 0 saturated carbocycles. The van der Waals surface area contributed by atoms with Gasteiger partial charge in [-0.05, 0) is 92.2 Å². The topological polar surface area (TPSA) is 48.5 Å². The lowest BCUT2D eigenvalue weighted by Gasteiger charge is -2.37.